The van der Waals surface area contributed by atoms with Crippen molar-refractivity contribution in [1.29, 1.82) is 0 Å². The monoisotopic (exact) mass is 640 g/mol. The summed E-state index contributed by atoms with van der Waals surface area (Å²) in [7, 11) is 1.41. The molecule has 0 unspecified atom stereocenters. The van der Waals surface area contributed by atoms with Crippen LogP contribution in [0.4, 0.5) is 11.4 Å². The number of ether oxygens (including phenoxy) is 2. The molecule has 0 fully saturated rings. The van der Waals surface area contributed by atoms with Crippen LogP contribution < -0.4 is 25.5 Å². The molecule has 10 nitrogen and oxygen atoms in total. The van der Waals surface area contributed by atoms with Gasteiger partial charge in [-0.2, -0.15) is 5.10 Å². The zero-order valence-electron chi connectivity index (χ0n) is 23.9. The van der Waals surface area contributed by atoms with E-state index in [1.54, 1.807) is 30.3 Å². The number of amides is 3. The van der Waals surface area contributed by atoms with Crippen LogP contribution in [-0.2, 0) is 9.59 Å². The van der Waals surface area contributed by atoms with Gasteiger partial charge in [-0.25, -0.2) is 10.2 Å². The van der Waals surface area contributed by atoms with Gasteiger partial charge in [0.25, 0.3) is 5.91 Å². The van der Waals surface area contributed by atoms with Gasteiger partial charge in [0, 0.05) is 15.8 Å². The zero-order valence-corrected chi connectivity index (χ0v) is 25.5. The van der Waals surface area contributed by atoms with Crippen LogP contribution >= 0.6 is 22.9 Å². The van der Waals surface area contributed by atoms with E-state index in [4.69, 9.17) is 21.1 Å². The average molecular weight is 641 g/mol. The van der Waals surface area contributed by atoms with Crippen molar-refractivity contribution < 1.29 is 28.7 Å². The van der Waals surface area contributed by atoms with E-state index in [1.807, 2.05) is 43.3 Å². The lowest BCUT2D eigenvalue weighted by molar-refractivity contribution is -0.136. The Labute approximate surface area is 266 Å². The van der Waals surface area contributed by atoms with Gasteiger partial charge in [-0.1, -0.05) is 59.6 Å². The SMILES string of the molecule is COc1cc(/C=N\NC(=O)C(=O)Nc2ccccc2C(=O)Nc2ccc(C)cc2)ccc1OC(=O)c1sc2ccccc2c1Cl. The van der Waals surface area contributed by atoms with Gasteiger partial charge in [-0.15, -0.1) is 11.3 Å². The lowest BCUT2D eigenvalue weighted by Crippen LogP contribution is -2.33. The Morgan fingerprint density at radius 2 is 1.58 bits per heavy atom. The molecule has 0 aliphatic carbocycles. The molecule has 0 bridgehead atoms. The average Bonchev–Trinajstić information content (AvgIpc) is 3.39. The molecule has 0 radical (unpaired) electrons. The molecule has 0 saturated heterocycles. The van der Waals surface area contributed by atoms with Crippen molar-refractivity contribution in [3.63, 3.8) is 0 Å². The molecule has 3 N–H and O–H groups in total. The van der Waals surface area contributed by atoms with Crippen LogP contribution in [0.2, 0.25) is 5.02 Å². The number of rotatable bonds is 8. The number of carbonyl (C=O) groups excluding carboxylic acids is 4. The second-order valence-corrected chi connectivity index (χ2v) is 11.0. The Morgan fingerprint density at radius 3 is 2.33 bits per heavy atom. The Kier molecular flexibility index (Phi) is 9.51. The van der Waals surface area contributed by atoms with Crippen LogP contribution in [-0.4, -0.2) is 37.0 Å². The number of para-hydroxylation sites is 1. The third-order valence-corrected chi connectivity index (χ3v) is 8.08. The highest BCUT2D eigenvalue weighted by atomic mass is 35.5. The number of benzene rings is 4. The lowest BCUT2D eigenvalue weighted by atomic mass is 10.1. The number of aryl methyl sites for hydroxylation is 1. The summed E-state index contributed by atoms with van der Waals surface area (Å²) < 4.78 is 11.8. The minimum atomic E-state index is -1.06. The van der Waals surface area contributed by atoms with Crippen molar-refractivity contribution in [2.45, 2.75) is 6.92 Å². The van der Waals surface area contributed by atoms with E-state index in [9.17, 15) is 19.2 Å². The fourth-order valence-electron chi connectivity index (χ4n) is 4.16. The Bertz CT molecular complexity index is 1960. The van der Waals surface area contributed by atoms with Gasteiger partial charge in [-0.05, 0) is 61.0 Å². The molecule has 3 amide bonds. The summed E-state index contributed by atoms with van der Waals surface area (Å²) in [4.78, 5) is 51.0. The van der Waals surface area contributed by atoms with Crippen molar-refractivity contribution in [2.75, 3.05) is 17.7 Å². The van der Waals surface area contributed by atoms with Gasteiger partial charge in [0.1, 0.15) is 4.88 Å². The maximum Gasteiger partial charge on any atom is 0.355 e. The summed E-state index contributed by atoms with van der Waals surface area (Å²) in [5, 5.41) is 10.1. The fourth-order valence-corrected chi connectivity index (χ4v) is 5.55. The Hall–Kier alpha value is -5.52. The van der Waals surface area contributed by atoms with Gasteiger partial charge in [0.15, 0.2) is 11.5 Å². The minimum absolute atomic E-state index is 0.151. The topological polar surface area (TPSA) is 135 Å². The molecule has 226 valence electrons. The van der Waals surface area contributed by atoms with E-state index in [1.165, 1.54) is 48.9 Å². The van der Waals surface area contributed by atoms with Gasteiger partial charge in [-0.3, -0.25) is 14.4 Å². The molecule has 0 aliphatic rings. The Balaban J connectivity index is 1.20. The molecular weight excluding hydrogens is 616 g/mol. The van der Waals surface area contributed by atoms with Gasteiger partial charge < -0.3 is 20.1 Å². The van der Waals surface area contributed by atoms with Crippen molar-refractivity contribution in [2.24, 2.45) is 5.10 Å². The van der Waals surface area contributed by atoms with Crippen molar-refractivity contribution >= 4 is 74.3 Å². The maximum absolute atomic E-state index is 12.9. The number of carbonyl (C=O) groups is 4. The van der Waals surface area contributed by atoms with E-state index < -0.39 is 23.7 Å². The van der Waals surface area contributed by atoms with Gasteiger partial charge >= 0.3 is 17.8 Å². The molecule has 0 spiro atoms. The molecule has 5 rings (SSSR count). The molecule has 0 saturated carbocycles. The predicted octanol–water partition coefficient (Wildman–Crippen LogP) is 6.43. The molecule has 0 aliphatic heterocycles. The summed E-state index contributed by atoms with van der Waals surface area (Å²) in [5.41, 5.74) is 4.58. The van der Waals surface area contributed by atoms with Crippen LogP contribution in [0.5, 0.6) is 11.5 Å². The molecule has 5 aromatic rings. The van der Waals surface area contributed by atoms with E-state index in [-0.39, 0.29) is 27.6 Å². The first-order chi connectivity index (χ1) is 21.7. The quantitative estimate of drug-likeness (QED) is 0.0588. The van der Waals surface area contributed by atoms with E-state index in [0.29, 0.717) is 16.3 Å². The summed E-state index contributed by atoms with van der Waals surface area (Å²) in [5.74, 6) is -2.78. The van der Waals surface area contributed by atoms with Gasteiger partial charge in [0.2, 0.25) is 0 Å². The number of fused-ring (bicyclic) bond motifs is 1. The Morgan fingerprint density at radius 1 is 0.844 bits per heavy atom. The van der Waals surface area contributed by atoms with Crippen LogP contribution in [0.25, 0.3) is 10.1 Å². The first-order valence-electron chi connectivity index (χ1n) is 13.4. The predicted molar refractivity (Wildman–Crippen MR) is 175 cm³/mol. The number of nitrogens with zero attached hydrogens (tertiary/aromatic N) is 1. The molecule has 1 aromatic heterocycles. The largest absolute Gasteiger partial charge is 0.493 e. The third kappa shape index (κ3) is 7.35. The standard InChI is InChI=1S/C33H25ClN4O6S/c1-19-11-14-21(15-12-19)36-30(39)22-7-3-5-9-24(22)37-31(40)32(41)38-35-18-20-13-16-25(26(17-20)43-2)44-33(42)29-28(34)23-8-4-6-10-27(23)45-29/h3-18H,1-2H3,(H,36,39)(H,37,40)(H,38,41)/b35-18-. The van der Waals surface area contributed by atoms with Crippen LogP contribution in [0.3, 0.4) is 0 Å². The highest BCUT2D eigenvalue weighted by Crippen LogP contribution is 2.37. The number of thiophene rings is 1. The fraction of sp³-hybridized carbons (Fsp3) is 0.0606. The molecule has 4 aromatic carbocycles. The first kappa shape index (κ1) is 30.9. The number of anilines is 2. The van der Waals surface area contributed by atoms with Gasteiger partial charge in [0.05, 0.1) is 29.6 Å². The second-order valence-electron chi connectivity index (χ2n) is 9.56. The number of hydrogen-bond acceptors (Lipinski definition) is 8. The van der Waals surface area contributed by atoms with Crippen molar-refractivity contribution in [3.8, 4) is 11.5 Å². The van der Waals surface area contributed by atoms with Crippen LogP contribution in [0.15, 0.2) is 96.1 Å². The number of hydrogen-bond donors (Lipinski definition) is 3. The number of hydrazone groups is 1. The van der Waals surface area contributed by atoms with Crippen LogP contribution in [0.1, 0.15) is 31.2 Å². The number of nitrogens with one attached hydrogen (secondary N) is 3. The van der Waals surface area contributed by atoms with Crippen molar-refractivity contribution in [3.05, 3.63) is 118 Å². The maximum atomic E-state index is 12.9. The van der Waals surface area contributed by atoms with E-state index in [0.717, 1.165) is 15.6 Å². The summed E-state index contributed by atoms with van der Waals surface area (Å²) in [6.45, 7) is 1.93. The second kappa shape index (κ2) is 13.8. The smallest absolute Gasteiger partial charge is 0.355 e. The third-order valence-electron chi connectivity index (χ3n) is 6.43. The minimum Gasteiger partial charge on any atom is -0.493 e. The summed E-state index contributed by atoms with van der Waals surface area (Å²) in [6.07, 6.45) is 1.28. The number of esters is 1. The highest BCUT2D eigenvalue weighted by Gasteiger charge is 2.21. The van der Waals surface area contributed by atoms with E-state index in [2.05, 4.69) is 21.2 Å². The molecule has 0 atom stereocenters. The lowest BCUT2D eigenvalue weighted by Gasteiger charge is -2.11. The van der Waals surface area contributed by atoms with Crippen LogP contribution in [0, 0.1) is 6.92 Å². The molecular formula is C33H25ClN4O6S. The van der Waals surface area contributed by atoms with Crippen molar-refractivity contribution in [1.82, 2.24) is 5.43 Å². The van der Waals surface area contributed by atoms with E-state index >= 15 is 0 Å². The molecule has 1 heterocycles. The number of halogens is 1. The molecule has 12 heteroatoms. The summed E-state index contributed by atoms with van der Waals surface area (Å²) >= 11 is 7.63. The molecule has 45 heavy (non-hydrogen) atoms. The summed E-state index contributed by atoms with van der Waals surface area (Å²) in [6, 6.07) is 25.6. The highest BCUT2D eigenvalue weighted by molar-refractivity contribution is 7.21. The first-order valence-corrected chi connectivity index (χ1v) is 14.6. The number of methoxy groups -OCH3 is 1. The normalized spacial score (nSPS) is 10.8. The zero-order chi connectivity index (χ0) is 31.9.